The Morgan fingerprint density at radius 2 is 2.14 bits per heavy atom. The van der Waals surface area contributed by atoms with Crippen LogP contribution >= 0.6 is 15.9 Å². The molecule has 0 spiro atoms. The van der Waals surface area contributed by atoms with E-state index in [0.29, 0.717) is 6.04 Å². The van der Waals surface area contributed by atoms with E-state index in [0.717, 1.165) is 22.4 Å². The van der Waals surface area contributed by atoms with Crippen molar-refractivity contribution in [3.8, 4) is 5.82 Å². The fourth-order valence-corrected chi connectivity index (χ4v) is 2.75. The lowest BCUT2D eigenvalue weighted by molar-refractivity contribution is 0.689. The highest BCUT2D eigenvalue weighted by atomic mass is 79.9. The molecule has 1 fully saturated rings. The van der Waals surface area contributed by atoms with Crippen LogP contribution in [0.15, 0.2) is 47.2 Å². The molecule has 2 heterocycles. The van der Waals surface area contributed by atoms with Crippen LogP contribution in [0.2, 0.25) is 0 Å². The number of rotatable bonds is 4. The number of fused-ring (bicyclic) bond motifs is 1. The Labute approximate surface area is 131 Å². The number of nitrogens with zero attached hydrogens (tertiary/aromatic N) is 3. The third kappa shape index (κ3) is 2.71. The molecule has 0 atom stereocenters. The van der Waals surface area contributed by atoms with Gasteiger partial charge in [0.2, 0.25) is 0 Å². The number of hydrogen-bond acceptors (Lipinski definition) is 3. The topological polar surface area (TPSA) is 42.7 Å². The molecule has 0 amide bonds. The summed E-state index contributed by atoms with van der Waals surface area (Å²) >= 11 is 3.43. The van der Waals surface area contributed by atoms with E-state index in [1.54, 1.807) is 10.9 Å². The second kappa shape index (κ2) is 5.24. The number of aromatic nitrogens is 3. The Morgan fingerprint density at radius 1 is 1.29 bits per heavy atom. The molecule has 2 aromatic heterocycles. The van der Waals surface area contributed by atoms with Crippen LogP contribution in [0.1, 0.15) is 18.4 Å². The van der Waals surface area contributed by atoms with Crippen LogP contribution in [0.25, 0.3) is 16.7 Å². The first kappa shape index (κ1) is 13.0. The minimum atomic E-state index is 0.694. The van der Waals surface area contributed by atoms with Gasteiger partial charge in [0, 0.05) is 24.2 Å². The highest BCUT2D eigenvalue weighted by Gasteiger charge is 2.20. The molecule has 1 aromatic carbocycles. The van der Waals surface area contributed by atoms with Crippen molar-refractivity contribution in [1.82, 2.24) is 20.1 Å². The van der Waals surface area contributed by atoms with Crippen molar-refractivity contribution in [2.24, 2.45) is 0 Å². The maximum atomic E-state index is 4.71. The minimum absolute atomic E-state index is 0.694. The van der Waals surface area contributed by atoms with E-state index in [1.165, 1.54) is 23.8 Å². The van der Waals surface area contributed by atoms with E-state index in [9.17, 15) is 0 Å². The second-order valence-corrected chi connectivity index (χ2v) is 6.33. The van der Waals surface area contributed by atoms with Crippen molar-refractivity contribution >= 4 is 26.8 Å². The zero-order valence-corrected chi connectivity index (χ0v) is 13.0. The van der Waals surface area contributed by atoms with Crippen molar-refractivity contribution in [3.63, 3.8) is 0 Å². The summed E-state index contributed by atoms with van der Waals surface area (Å²) in [7, 11) is 0. The number of nitrogens with one attached hydrogen (secondary N) is 1. The number of benzene rings is 1. The molecular weight excluding hydrogens is 328 g/mol. The van der Waals surface area contributed by atoms with Gasteiger partial charge in [0.25, 0.3) is 0 Å². The molecule has 4 rings (SSSR count). The number of halogens is 1. The minimum Gasteiger partial charge on any atom is -0.310 e. The van der Waals surface area contributed by atoms with Crippen molar-refractivity contribution < 1.29 is 0 Å². The maximum absolute atomic E-state index is 4.71. The highest BCUT2D eigenvalue weighted by molar-refractivity contribution is 9.10. The van der Waals surface area contributed by atoms with Gasteiger partial charge >= 0.3 is 0 Å². The predicted molar refractivity (Wildman–Crippen MR) is 86.4 cm³/mol. The largest absolute Gasteiger partial charge is 0.310 e. The van der Waals surface area contributed by atoms with Crippen molar-refractivity contribution in [2.75, 3.05) is 0 Å². The van der Waals surface area contributed by atoms with Crippen LogP contribution in [0.3, 0.4) is 0 Å². The standard InChI is InChI=1S/C16H15BrN4/c17-12-9-19-21(10-12)16-7-11(8-18-13-5-6-13)14-3-1-2-4-15(14)20-16/h1-4,7,9-10,13,18H,5-6,8H2. The van der Waals surface area contributed by atoms with Gasteiger partial charge in [0.05, 0.1) is 16.2 Å². The fourth-order valence-electron chi connectivity index (χ4n) is 2.46. The van der Waals surface area contributed by atoms with Crippen molar-refractivity contribution in [2.45, 2.75) is 25.4 Å². The van der Waals surface area contributed by atoms with Gasteiger partial charge in [-0.25, -0.2) is 9.67 Å². The Bertz CT molecular complexity index is 792. The van der Waals surface area contributed by atoms with E-state index in [-0.39, 0.29) is 0 Å². The maximum Gasteiger partial charge on any atom is 0.154 e. The number of para-hydroxylation sites is 1. The Morgan fingerprint density at radius 3 is 2.90 bits per heavy atom. The Hall–Kier alpha value is -1.72. The second-order valence-electron chi connectivity index (χ2n) is 5.42. The first-order chi connectivity index (χ1) is 10.3. The van der Waals surface area contributed by atoms with Gasteiger partial charge in [-0.2, -0.15) is 5.10 Å². The monoisotopic (exact) mass is 342 g/mol. The molecule has 0 bridgehead atoms. The van der Waals surface area contributed by atoms with Gasteiger partial charge in [-0.05, 0) is 46.5 Å². The predicted octanol–water partition coefficient (Wildman–Crippen LogP) is 3.44. The first-order valence-electron chi connectivity index (χ1n) is 7.12. The lowest BCUT2D eigenvalue weighted by Gasteiger charge is -2.10. The molecule has 3 aromatic rings. The van der Waals surface area contributed by atoms with E-state index < -0.39 is 0 Å². The van der Waals surface area contributed by atoms with E-state index in [2.05, 4.69) is 50.6 Å². The van der Waals surface area contributed by atoms with Gasteiger partial charge in [-0.15, -0.1) is 0 Å². The normalized spacial score (nSPS) is 14.7. The molecule has 1 aliphatic carbocycles. The van der Waals surface area contributed by atoms with Crippen LogP contribution in [0.4, 0.5) is 0 Å². The van der Waals surface area contributed by atoms with Crippen LogP contribution < -0.4 is 5.32 Å². The molecule has 106 valence electrons. The molecule has 0 aliphatic heterocycles. The molecule has 1 saturated carbocycles. The summed E-state index contributed by atoms with van der Waals surface area (Å²) in [4.78, 5) is 4.71. The first-order valence-corrected chi connectivity index (χ1v) is 7.91. The summed E-state index contributed by atoms with van der Waals surface area (Å²) in [5.74, 6) is 0.854. The molecule has 5 heteroatoms. The summed E-state index contributed by atoms with van der Waals surface area (Å²) in [6, 6.07) is 11.1. The zero-order chi connectivity index (χ0) is 14.2. The smallest absolute Gasteiger partial charge is 0.154 e. The molecule has 0 radical (unpaired) electrons. The molecule has 4 nitrogen and oxygen atoms in total. The lowest BCUT2D eigenvalue weighted by atomic mass is 10.1. The number of pyridine rings is 1. The SMILES string of the molecule is Brc1cnn(-c2cc(CNC3CC3)c3ccccc3n2)c1. The van der Waals surface area contributed by atoms with Crippen LogP contribution in [-0.4, -0.2) is 20.8 Å². The van der Waals surface area contributed by atoms with Crippen molar-refractivity contribution in [3.05, 3.63) is 52.8 Å². The molecule has 21 heavy (non-hydrogen) atoms. The van der Waals surface area contributed by atoms with Gasteiger partial charge < -0.3 is 5.32 Å². The zero-order valence-electron chi connectivity index (χ0n) is 11.5. The Kier molecular flexibility index (Phi) is 3.24. The summed E-state index contributed by atoms with van der Waals surface area (Å²) < 4.78 is 2.76. The van der Waals surface area contributed by atoms with Crippen LogP contribution in [0, 0.1) is 0 Å². The summed E-state index contributed by atoms with van der Waals surface area (Å²) in [6.45, 7) is 0.878. The van der Waals surface area contributed by atoms with Crippen LogP contribution in [0.5, 0.6) is 0 Å². The van der Waals surface area contributed by atoms with Crippen LogP contribution in [-0.2, 0) is 6.54 Å². The average molecular weight is 343 g/mol. The van der Waals surface area contributed by atoms with Gasteiger partial charge in [0.15, 0.2) is 5.82 Å². The van der Waals surface area contributed by atoms with Crippen molar-refractivity contribution in [1.29, 1.82) is 0 Å². The Balaban J connectivity index is 1.80. The third-order valence-electron chi connectivity index (χ3n) is 3.73. The summed E-state index contributed by atoms with van der Waals surface area (Å²) in [5.41, 5.74) is 2.28. The molecule has 0 unspecified atom stereocenters. The lowest BCUT2D eigenvalue weighted by Crippen LogP contribution is -2.16. The highest BCUT2D eigenvalue weighted by Crippen LogP contribution is 2.23. The van der Waals surface area contributed by atoms with Gasteiger partial charge in [0.1, 0.15) is 0 Å². The summed E-state index contributed by atoms with van der Waals surface area (Å²) in [6.07, 6.45) is 6.29. The molecular formula is C16H15BrN4. The molecule has 1 N–H and O–H groups in total. The number of hydrogen-bond donors (Lipinski definition) is 1. The van der Waals surface area contributed by atoms with E-state index in [1.807, 2.05) is 12.3 Å². The quantitative estimate of drug-likeness (QED) is 0.789. The molecule has 1 aliphatic rings. The van der Waals surface area contributed by atoms with Gasteiger partial charge in [-0.3, -0.25) is 0 Å². The fraction of sp³-hybridized carbons (Fsp3) is 0.250. The molecule has 0 saturated heterocycles. The third-order valence-corrected chi connectivity index (χ3v) is 4.14. The average Bonchev–Trinajstić information content (AvgIpc) is 3.24. The van der Waals surface area contributed by atoms with E-state index >= 15 is 0 Å². The summed E-state index contributed by atoms with van der Waals surface area (Å²) in [5, 5.41) is 9.12. The van der Waals surface area contributed by atoms with Gasteiger partial charge in [-0.1, -0.05) is 18.2 Å². The van der Waals surface area contributed by atoms with E-state index in [4.69, 9.17) is 4.98 Å².